The van der Waals surface area contributed by atoms with Gasteiger partial charge in [-0.25, -0.2) is 14.4 Å². The van der Waals surface area contributed by atoms with Crippen LogP contribution >= 0.6 is 0 Å². The van der Waals surface area contributed by atoms with Crippen molar-refractivity contribution in [2.45, 2.75) is 92.7 Å². The predicted octanol–water partition coefficient (Wildman–Crippen LogP) is -9.78. The zero-order chi connectivity index (χ0) is 63.2. The first kappa shape index (κ1) is 83.3. The molecule has 0 aliphatic rings. The van der Waals surface area contributed by atoms with Crippen LogP contribution < -0.4 is 34.4 Å². The van der Waals surface area contributed by atoms with Gasteiger partial charge in [0.25, 0.3) is 0 Å². The highest BCUT2D eigenvalue weighted by atomic mass is 16.6. The Morgan fingerprint density at radius 2 is 0.405 bits per heavy atom. The summed E-state index contributed by atoms with van der Waals surface area (Å²) in [6, 6.07) is -5.28. The number of hydrogen-bond donors (Lipinski definition) is 21. The molecule has 0 saturated heterocycles. The summed E-state index contributed by atoms with van der Waals surface area (Å²) in [7, 11) is 0. The molecule has 27 N–H and O–H groups in total. The monoisotopic (exact) mass is 1160 g/mol. The maximum absolute atomic E-state index is 11.5. The molecule has 0 rings (SSSR count). The van der Waals surface area contributed by atoms with E-state index in [0.29, 0.717) is 0 Å². The Morgan fingerprint density at radius 1 is 0.278 bits per heavy atom. The first-order chi connectivity index (χ1) is 35.3. The first-order valence-corrected chi connectivity index (χ1v) is 19.7. The van der Waals surface area contributed by atoms with Gasteiger partial charge in [-0.1, -0.05) is 0 Å². The number of carbonyl (C=O) groups excluding carboxylic acids is 3. The Morgan fingerprint density at radius 3 is 0.481 bits per heavy atom. The van der Waals surface area contributed by atoms with E-state index in [-0.39, 0.29) is 28.0 Å². The van der Waals surface area contributed by atoms with Crippen molar-refractivity contribution in [3.05, 3.63) is 0 Å². The third kappa shape index (κ3) is 43.3. The van der Waals surface area contributed by atoms with Crippen molar-refractivity contribution in [3.8, 4) is 0 Å². The van der Waals surface area contributed by atoms with Crippen molar-refractivity contribution >= 4 is 116 Å². The fraction of sp³-hybridized carbons (Fsp3) is 0.500. The standard InChI is InChI=1S/3C10H13NO10.3C2H5NO2.BH3/c3*11-4(1-5(12)13)8(18)21-10(9(19)20,2-6(14)15)3-7(16)17;3*3-1-2(4)5;/h3*4H,1-3,11H2,(H,12,13)(H,14,15)(H,16,17)(H,19,20);3*1,3H2,(H,4,5);1H3/t3*4-;;;;/m000..../s1. The van der Waals surface area contributed by atoms with Gasteiger partial charge in [0, 0.05) is 0 Å². The number of carbonyl (C=O) groups is 18. The molecular formula is C36H57BN6O36. The number of esters is 3. The van der Waals surface area contributed by atoms with E-state index in [1.165, 1.54) is 0 Å². The summed E-state index contributed by atoms with van der Waals surface area (Å²) < 4.78 is 13.2. The number of carboxylic acid groups (broad SMARTS) is 15. The summed E-state index contributed by atoms with van der Waals surface area (Å²) in [5.41, 5.74) is 20.5. The quantitative estimate of drug-likeness (QED) is 0.0180. The minimum absolute atomic E-state index is 0. The van der Waals surface area contributed by atoms with Gasteiger partial charge in [0.1, 0.15) is 18.1 Å². The largest absolute Gasteiger partial charge is 0.481 e. The van der Waals surface area contributed by atoms with Gasteiger partial charge in [0.2, 0.25) is 16.8 Å². The maximum atomic E-state index is 11.5. The highest BCUT2D eigenvalue weighted by Crippen LogP contribution is 2.25. The van der Waals surface area contributed by atoms with E-state index in [2.05, 4.69) is 31.4 Å². The molecule has 43 heteroatoms. The first-order valence-electron chi connectivity index (χ1n) is 19.7. The molecule has 0 aromatic carbocycles. The summed E-state index contributed by atoms with van der Waals surface area (Å²) >= 11 is 0. The van der Waals surface area contributed by atoms with Crippen LogP contribution in [-0.4, -0.2) is 247 Å². The van der Waals surface area contributed by atoms with Crippen LogP contribution in [0.15, 0.2) is 0 Å². The number of nitrogens with two attached hydrogens (primary N) is 6. The molecule has 0 aromatic heterocycles. The molecule has 3 atom stereocenters. The van der Waals surface area contributed by atoms with Crippen molar-refractivity contribution < 1.29 is 177 Å². The van der Waals surface area contributed by atoms with Crippen molar-refractivity contribution in [1.29, 1.82) is 0 Å². The molecule has 450 valence electrons. The summed E-state index contributed by atoms with van der Waals surface area (Å²) in [5, 5.41) is 127. The highest BCUT2D eigenvalue weighted by molar-refractivity contribution is 5.94. The molecule has 0 bridgehead atoms. The number of aliphatic carboxylic acids is 15. The summed E-state index contributed by atoms with van der Waals surface area (Å²) in [6.07, 6.45) is -10.6. The van der Waals surface area contributed by atoms with E-state index < -0.39 is 200 Å². The van der Waals surface area contributed by atoms with Gasteiger partial charge in [0.05, 0.1) is 85.8 Å². The Balaban J connectivity index is -0.000000172. The van der Waals surface area contributed by atoms with Crippen LogP contribution in [0, 0.1) is 0 Å². The Kier molecular flexibility index (Phi) is 43.8. The smallest absolute Gasteiger partial charge is 0.349 e. The Bertz CT molecular complexity index is 1920. The molecular weight excluding hydrogens is 1100 g/mol. The maximum Gasteiger partial charge on any atom is 0.349 e. The van der Waals surface area contributed by atoms with Gasteiger partial charge in [-0.2, -0.15) is 0 Å². The average Bonchev–Trinajstić information content (AvgIpc) is 3.24. The van der Waals surface area contributed by atoms with Crippen LogP contribution in [0.3, 0.4) is 0 Å². The number of ether oxygens (including phenoxy) is 3. The Hall–Kier alpha value is -9.72. The van der Waals surface area contributed by atoms with E-state index in [9.17, 15) is 86.3 Å². The summed E-state index contributed by atoms with van der Waals surface area (Å²) in [5.74, 6) is -28.2. The molecule has 0 fully saturated rings. The lowest BCUT2D eigenvalue weighted by Crippen LogP contribution is -2.50. The number of rotatable bonds is 30. The molecule has 0 aliphatic carbocycles. The van der Waals surface area contributed by atoms with Crippen LogP contribution in [0.25, 0.3) is 0 Å². The van der Waals surface area contributed by atoms with Crippen molar-refractivity contribution in [2.24, 2.45) is 34.4 Å². The van der Waals surface area contributed by atoms with Crippen LogP contribution in [0.2, 0.25) is 0 Å². The SMILES string of the molecule is B.NCC(=O)O.NCC(=O)O.NCC(=O)O.N[C@@H](CC(=O)O)C(=O)OC(CC(=O)O)(CC(=O)O)C(=O)O.N[C@@H](CC(=O)O)C(=O)OC(CC(=O)O)(CC(=O)O)C(=O)O.N[C@@H](CC(=O)O)C(=O)OC(CC(=O)O)(CC(=O)O)C(=O)O. The van der Waals surface area contributed by atoms with Gasteiger partial charge in [0.15, 0.2) is 0 Å². The number of hydrogen-bond acceptors (Lipinski definition) is 27. The summed E-state index contributed by atoms with van der Waals surface area (Å²) in [4.78, 5) is 191. The molecule has 79 heavy (non-hydrogen) atoms. The van der Waals surface area contributed by atoms with Gasteiger partial charge < -0.3 is 125 Å². The topological polar surface area (TPSA) is 795 Å². The zero-order valence-electron chi connectivity index (χ0n) is 39.5. The molecule has 0 unspecified atom stereocenters. The van der Waals surface area contributed by atoms with Crippen molar-refractivity contribution in [1.82, 2.24) is 0 Å². The molecule has 0 radical (unpaired) electrons. The molecule has 0 saturated carbocycles. The lowest BCUT2D eigenvalue weighted by Gasteiger charge is -2.27. The van der Waals surface area contributed by atoms with Crippen molar-refractivity contribution in [3.63, 3.8) is 0 Å². The molecule has 0 aromatic rings. The minimum Gasteiger partial charge on any atom is -0.481 e. The second-order valence-electron chi connectivity index (χ2n) is 14.0. The van der Waals surface area contributed by atoms with E-state index >= 15 is 0 Å². The van der Waals surface area contributed by atoms with Crippen LogP contribution in [0.4, 0.5) is 0 Å². The third-order valence-electron chi connectivity index (χ3n) is 7.29. The zero-order valence-corrected chi connectivity index (χ0v) is 39.5. The second-order valence-corrected chi connectivity index (χ2v) is 14.0. The average molecular weight is 1160 g/mol. The van der Waals surface area contributed by atoms with E-state index in [1.54, 1.807) is 0 Å². The van der Waals surface area contributed by atoms with E-state index in [0.717, 1.165) is 0 Å². The fourth-order valence-corrected chi connectivity index (χ4v) is 4.07. The predicted molar refractivity (Wildman–Crippen MR) is 244 cm³/mol. The van der Waals surface area contributed by atoms with Gasteiger partial charge in [-0.05, 0) is 0 Å². The van der Waals surface area contributed by atoms with Crippen LogP contribution in [-0.2, 0) is 101 Å². The fourth-order valence-electron chi connectivity index (χ4n) is 4.07. The van der Waals surface area contributed by atoms with E-state index in [4.69, 9.17) is 93.8 Å². The van der Waals surface area contributed by atoms with E-state index in [1.807, 2.05) is 0 Å². The third-order valence-corrected chi connectivity index (χ3v) is 7.29. The molecule has 42 nitrogen and oxygen atoms in total. The minimum atomic E-state index is -2.87. The van der Waals surface area contributed by atoms with Crippen molar-refractivity contribution in [2.75, 3.05) is 19.6 Å². The molecule has 0 amide bonds. The normalized spacial score (nSPS) is 11.2. The molecule has 0 aliphatic heterocycles. The van der Waals surface area contributed by atoms with Crippen LogP contribution in [0.1, 0.15) is 57.8 Å². The van der Waals surface area contributed by atoms with Gasteiger partial charge >= 0.3 is 107 Å². The number of carboxylic acids is 15. The Labute approximate surface area is 439 Å². The van der Waals surface area contributed by atoms with Crippen LogP contribution in [0.5, 0.6) is 0 Å². The summed E-state index contributed by atoms with van der Waals surface area (Å²) in [6.45, 7) is -0.833. The highest BCUT2D eigenvalue weighted by Gasteiger charge is 2.50. The second kappa shape index (κ2) is 41.5. The lowest BCUT2D eigenvalue weighted by atomic mass is 9.95. The van der Waals surface area contributed by atoms with Gasteiger partial charge in [-0.15, -0.1) is 0 Å². The molecule has 0 spiro atoms. The molecule has 0 heterocycles. The van der Waals surface area contributed by atoms with Gasteiger partial charge in [-0.3, -0.25) is 71.9 Å². The lowest BCUT2D eigenvalue weighted by molar-refractivity contribution is -0.187.